The summed E-state index contributed by atoms with van der Waals surface area (Å²) in [6.07, 6.45) is -4.55. The maximum absolute atomic E-state index is 12.3. The third-order valence-electron chi connectivity index (χ3n) is 2.78. The fourth-order valence-electron chi connectivity index (χ4n) is 1.82. The van der Waals surface area contributed by atoms with E-state index in [2.05, 4.69) is 15.4 Å². The molecule has 0 spiro atoms. The van der Waals surface area contributed by atoms with Gasteiger partial charge < -0.3 is 15.4 Å². The molecule has 2 N–H and O–H groups in total. The molecule has 0 saturated carbocycles. The highest BCUT2D eigenvalue weighted by atomic mass is 32.2. The molecule has 1 saturated heterocycles. The molecule has 1 atom stereocenters. The van der Waals surface area contributed by atoms with Crippen molar-refractivity contribution in [1.82, 2.24) is 5.32 Å². The van der Waals surface area contributed by atoms with Crippen molar-refractivity contribution in [2.45, 2.75) is 18.8 Å². The summed E-state index contributed by atoms with van der Waals surface area (Å²) in [5.41, 5.74) is -0.103. The topological polar surface area (TPSA) is 67.4 Å². The normalized spacial score (nSPS) is 19.0. The molecule has 1 aromatic rings. The summed E-state index contributed by atoms with van der Waals surface area (Å²) < 4.78 is 40.8. The highest BCUT2D eigenvalue weighted by Crippen LogP contribution is 2.30. The zero-order valence-corrected chi connectivity index (χ0v) is 12.1. The van der Waals surface area contributed by atoms with E-state index in [0.717, 1.165) is 6.07 Å². The predicted molar refractivity (Wildman–Crippen MR) is 75.6 cm³/mol. The molecule has 1 heterocycles. The lowest BCUT2D eigenvalue weighted by Crippen LogP contribution is -2.44. The lowest BCUT2D eigenvalue weighted by Gasteiger charge is -2.17. The Labute approximate surface area is 128 Å². The summed E-state index contributed by atoms with van der Waals surface area (Å²) in [5, 5.41) is 4.89. The van der Waals surface area contributed by atoms with E-state index in [4.69, 9.17) is 0 Å². The SMILES string of the molecule is O=C1CCSC[C@H](C(=O)Nc2ccccc2OC(F)(F)F)N1. The van der Waals surface area contributed by atoms with Crippen LogP contribution in [-0.2, 0) is 9.59 Å². The minimum absolute atomic E-state index is 0.103. The first-order chi connectivity index (χ1) is 10.3. The average Bonchev–Trinajstić information content (AvgIpc) is 2.64. The predicted octanol–water partition coefficient (Wildman–Crippen LogP) is 2.15. The highest BCUT2D eigenvalue weighted by Gasteiger charge is 2.32. The Morgan fingerprint density at radius 3 is 2.82 bits per heavy atom. The van der Waals surface area contributed by atoms with Gasteiger partial charge in [0.25, 0.3) is 0 Å². The van der Waals surface area contributed by atoms with Gasteiger partial charge in [-0.25, -0.2) is 0 Å². The number of benzene rings is 1. The quantitative estimate of drug-likeness (QED) is 0.889. The van der Waals surface area contributed by atoms with Crippen LogP contribution in [0.15, 0.2) is 24.3 Å². The smallest absolute Gasteiger partial charge is 0.404 e. The molecule has 1 aromatic carbocycles. The molecular weight excluding hydrogens is 321 g/mol. The standard InChI is InChI=1S/C13H13F3N2O3S/c14-13(15,16)21-10-4-2-1-3-8(10)18-12(20)9-7-22-6-5-11(19)17-9/h1-4,9H,5-7H2,(H,17,19)(H,18,20)/t9-/m1/s1. The number of carbonyl (C=O) groups is 2. The van der Waals surface area contributed by atoms with Gasteiger partial charge in [-0.2, -0.15) is 11.8 Å². The molecular formula is C13H13F3N2O3S. The van der Waals surface area contributed by atoms with Crippen molar-refractivity contribution in [2.75, 3.05) is 16.8 Å². The van der Waals surface area contributed by atoms with Gasteiger partial charge in [-0.3, -0.25) is 9.59 Å². The van der Waals surface area contributed by atoms with Crippen molar-refractivity contribution >= 4 is 29.3 Å². The van der Waals surface area contributed by atoms with Crippen LogP contribution in [0.2, 0.25) is 0 Å². The number of rotatable bonds is 3. The first-order valence-electron chi connectivity index (χ1n) is 6.38. The fraction of sp³-hybridized carbons (Fsp3) is 0.385. The molecule has 9 heteroatoms. The maximum atomic E-state index is 12.3. The number of anilines is 1. The molecule has 0 aromatic heterocycles. The summed E-state index contributed by atoms with van der Waals surface area (Å²) >= 11 is 1.43. The molecule has 0 bridgehead atoms. The minimum Gasteiger partial charge on any atom is -0.404 e. The summed E-state index contributed by atoms with van der Waals surface area (Å²) in [6.45, 7) is 0. The molecule has 1 fully saturated rings. The zero-order chi connectivity index (χ0) is 16.2. The van der Waals surface area contributed by atoms with E-state index in [1.807, 2.05) is 0 Å². The van der Waals surface area contributed by atoms with Gasteiger partial charge in [0.15, 0.2) is 5.75 Å². The first kappa shape index (κ1) is 16.5. The zero-order valence-electron chi connectivity index (χ0n) is 11.3. The maximum Gasteiger partial charge on any atom is 0.573 e. The molecule has 1 aliphatic heterocycles. The van der Waals surface area contributed by atoms with Gasteiger partial charge in [-0.1, -0.05) is 12.1 Å². The number of alkyl halides is 3. The lowest BCUT2D eigenvalue weighted by atomic mass is 10.2. The number of nitrogens with one attached hydrogen (secondary N) is 2. The Balaban J connectivity index is 2.09. The van der Waals surface area contributed by atoms with E-state index in [0.29, 0.717) is 17.9 Å². The van der Waals surface area contributed by atoms with Gasteiger partial charge in [0.2, 0.25) is 11.8 Å². The number of carbonyl (C=O) groups excluding carboxylic acids is 2. The third kappa shape index (κ3) is 4.83. The van der Waals surface area contributed by atoms with Gasteiger partial charge in [0.05, 0.1) is 5.69 Å². The molecule has 5 nitrogen and oxygen atoms in total. The van der Waals surface area contributed by atoms with Crippen LogP contribution in [0.4, 0.5) is 18.9 Å². The van der Waals surface area contributed by atoms with E-state index < -0.39 is 24.1 Å². The summed E-state index contributed by atoms with van der Waals surface area (Å²) in [6, 6.07) is 4.44. The second-order valence-electron chi connectivity index (χ2n) is 4.48. The lowest BCUT2D eigenvalue weighted by molar-refractivity contribution is -0.274. The Morgan fingerprint density at radius 1 is 1.36 bits per heavy atom. The number of thioether (sulfide) groups is 1. The molecule has 22 heavy (non-hydrogen) atoms. The second-order valence-corrected chi connectivity index (χ2v) is 5.63. The number of hydrogen-bond acceptors (Lipinski definition) is 4. The fourth-order valence-corrected chi connectivity index (χ4v) is 2.79. The molecule has 2 amide bonds. The van der Waals surface area contributed by atoms with Crippen molar-refractivity contribution < 1.29 is 27.5 Å². The van der Waals surface area contributed by atoms with Crippen molar-refractivity contribution in [3.63, 3.8) is 0 Å². The first-order valence-corrected chi connectivity index (χ1v) is 7.53. The van der Waals surface area contributed by atoms with Gasteiger partial charge in [-0.15, -0.1) is 13.2 Å². The van der Waals surface area contributed by atoms with Crippen LogP contribution in [0.25, 0.3) is 0 Å². The van der Waals surface area contributed by atoms with E-state index in [-0.39, 0.29) is 11.6 Å². The largest absolute Gasteiger partial charge is 0.573 e. The number of amides is 2. The van der Waals surface area contributed by atoms with Crippen LogP contribution >= 0.6 is 11.8 Å². The molecule has 1 aliphatic rings. The van der Waals surface area contributed by atoms with Crippen molar-refractivity contribution in [3.05, 3.63) is 24.3 Å². The van der Waals surface area contributed by atoms with Crippen molar-refractivity contribution in [2.24, 2.45) is 0 Å². The molecule has 0 aliphatic carbocycles. The Bertz CT molecular complexity index is 566. The van der Waals surface area contributed by atoms with Crippen LogP contribution in [0, 0.1) is 0 Å². The average molecular weight is 334 g/mol. The Hall–Kier alpha value is -1.90. The van der Waals surface area contributed by atoms with Crippen LogP contribution in [0.1, 0.15) is 6.42 Å². The van der Waals surface area contributed by atoms with Crippen molar-refractivity contribution in [3.8, 4) is 5.75 Å². The van der Waals surface area contributed by atoms with E-state index in [1.165, 1.54) is 30.0 Å². The van der Waals surface area contributed by atoms with Gasteiger partial charge in [0, 0.05) is 17.9 Å². The summed E-state index contributed by atoms with van der Waals surface area (Å²) in [5.74, 6) is -0.384. The minimum atomic E-state index is -4.85. The van der Waals surface area contributed by atoms with Crippen LogP contribution in [0.5, 0.6) is 5.75 Å². The Morgan fingerprint density at radius 2 is 2.09 bits per heavy atom. The van der Waals surface area contributed by atoms with E-state index in [1.54, 1.807) is 0 Å². The molecule has 120 valence electrons. The van der Waals surface area contributed by atoms with E-state index in [9.17, 15) is 22.8 Å². The number of para-hydroxylation sites is 2. The van der Waals surface area contributed by atoms with Gasteiger partial charge >= 0.3 is 6.36 Å². The second kappa shape index (κ2) is 6.91. The number of hydrogen-bond donors (Lipinski definition) is 2. The molecule has 0 unspecified atom stereocenters. The summed E-state index contributed by atoms with van der Waals surface area (Å²) in [4.78, 5) is 23.5. The molecule has 0 radical (unpaired) electrons. The van der Waals surface area contributed by atoms with Gasteiger partial charge in [0.1, 0.15) is 6.04 Å². The third-order valence-corrected chi connectivity index (χ3v) is 3.84. The van der Waals surface area contributed by atoms with Crippen LogP contribution < -0.4 is 15.4 Å². The highest BCUT2D eigenvalue weighted by molar-refractivity contribution is 7.99. The van der Waals surface area contributed by atoms with Gasteiger partial charge in [-0.05, 0) is 12.1 Å². The number of halogens is 3. The number of ether oxygens (including phenoxy) is 1. The molecule has 2 rings (SSSR count). The monoisotopic (exact) mass is 334 g/mol. The van der Waals surface area contributed by atoms with Crippen LogP contribution in [-0.4, -0.2) is 35.7 Å². The van der Waals surface area contributed by atoms with E-state index >= 15 is 0 Å². The van der Waals surface area contributed by atoms with Crippen LogP contribution in [0.3, 0.4) is 0 Å². The Kier molecular flexibility index (Phi) is 5.17. The summed E-state index contributed by atoms with van der Waals surface area (Å²) in [7, 11) is 0. The van der Waals surface area contributed by atoms with Crippen molar-refractivity contribution in [1.29, 1.82) is 0 Å².